The molecule has 0 spiro atoms. The van der Waals surface area contributed by atoms with Crippen LogP contribution in [0.15, 0.2) is 182 Å². The predicted molar refractivity (Wildman–Crippen MR) is 198 cm³/mol. The standard InChI is InChI=1S/C46H30/c1-2-12-31(13-3-1)33-22-25-34(26-23-33)45-40-18-8-10-20-42(40)46(43-21-11-9-19-41(43)45)38-29-36-16-6-7-17-39(36)44(30-38)37-27-24-32-14-4-5-15-35(32)28-37/h1-30H. The van der Waals surface area contributed by atoms with Crippen molar-refractivity contribution in [1.82, 2.24) is 0 Å². The zero-order valence-electron chi connectivity index (χ0n) is 25.3. The highest BCUT2D eigenvalue weighted by molar-refractivity contribution is 6.22. The summed E-state index contributed by atoms with van der Waals surface area (Å²) < 4.78 is 0. The summed E-state index contributed by atoms with van der Waals surface area (Å²) in [4.78, 5) is 0. The van der Waals surface area contributed by atoms with Gasteiger partial charge in [0.1, 0.15) is 0 Å². The molecular weight excluding hydrogens is 553 g/mol. The van der Waals surface area contributed by atoms with Gasteiger partial charge in [0.05, 0.1) is 0 Å². The van der Waals surface area contributed by atoms with Crippen molar-refractivity contribution in [3.05, 3.63) is 182 Å². The van der Waals surface area contributed by atoms with Crippen molar-refractivity contribution in [2.45, 2.75) is 0 Å². The van der Waals surface area contributed by atoms with Crippen LogP contribution < -0.4 is 0 Å². The maximum Gasteiger partial charge on any atom is -0.00259 e. The van der Waals surface area contributed by atoms with E-state index >= 15 is 0 Å². The molecule has 0 N–H and O–H groups in total. The Kier molecular flexibility index (Phi) is 6.25. The van der Waals surface area contributed by atoms with E-state index in [2.05, 4.69) is 182 Å². The van der Waals surface area contributed by atoms with Gasteiger partial charge in [0, 0.05) is 0 Å². The second-order valence-corrected chi connectivity index (χ2v) is 12.1. The van der Waals surface area contributed by atoms with Crippen LogP contribution in [0.1, 0.15) is 0 Å². The van der Waals surface area contributed by atoms with Crippen molar-refractivity contribution in [3.8, 4) is 44.5 Å². The Hall–Kier alpha value is -5.98. The molecule has 0 amide bonds. The molecule has 46 heavy (non-hydrogen) atoms. The van der Waals surface area contributed by atoms with Crippen molar-refractivity contribution in [2.24, 2.45) is 0 Å². The SMILES string of the molecule is c1ccc(-c2ccc(-c3c4ccccc4c(-c4cc(-c5ccc6ccccc6c5)c5ccccc5c4)c4ccccc34)cc2)cc1. The van der Waals surface area contributed by atoms with Gasteiger partial charge in [-0.3, -0.25) is 0 Å². The fraction of sp³-hybridized carbons (Fsp3) is 0. The third kappa shape index (κ3) is 4.38. The molecule has 9 aromatic rings. The van der Waals surface area contributed by atoms with E-state index in [-0.39, 0.29) is 0 Å². The monoisotopic (exact) mass is 582 g/mol. The second kappa shape index (κ2) is 10.9. The van der Waals surface area contributed by atoms with Gasteiger partial charge in [-0.25, -0.2) is 0 Å². The first-order valence-corrected chi connectivity index (χ1v) is 15.9. The molecule has 0 aliphatic heterocycles. The lowest BCUT2D eigenvalue weighted by Crippen LogP contribution is -1.92. The van der Waals surface area contributed by atoms with E-state index in [0.717, 1.165) is 0 Å². The zero-order valence-corrected chi connectivity index (χ0v) is 25.3. The van der Waals surface area contributed by atoms with Crippen molar-refractivity contribution in [2.75, 3.05) is 0 Å². The van der Waals surface area contributed by atoms with Gasteiger partial charge in [-0.15, -0.1) is 0 Å². The van der Waals surface area contributed by atoms with E-state index in [9.17, 15) is 0 Å². The van der Waals surface area contributed by atoms with E-state index in [1.165, 1.54) is 87.6 Å². The van der Waals surface area contributed by atoms with Crippen molar-refractivity contribution < 1.29 is 0 Å². The minimum Gasteiger partial charge on any atom is -0.0622 e. The number of rotatable bonds is 4. The molecular formula is C46H30. The minimum atomic E-state index is 1.23. The molecule has 9 aromatic carbocycles. The number of benzene rings is 9. The topological polar surface area (TPSA) is 0 Å². The Labute approximate surface area is 268 Å². The molecule has 0 aromatic heterocycles. The van der Waals surface area contributed by atoms with Gasteiger partial charge in [-0.1, -0.05) is 164 Å². The normalized spacial score (nSPS) is 11.5. The van der Waals surface area contributed by atoms with E-state index in [0.29, 0.717) is 0 Å². The van der Waals surface area contributed by atoms with Gasteiger partial charge < -0.3 is 0 Å². The van der Waals surface area contributed by atoms with Gasteiger partial charge in [-0.05, 0) is 106 Å². The number of hydrogen-bond donors (Lipinski definition) is 0. The lowest BCUT2D eigenvalue weighted by molar-refractivity contribution is 1.61. The highest BCUT2D eigenvalue weighted by atomic mass is 14.2. The van der Waals surface area contributed by atoms with Gasteiger partial charge >= 0.3 is 0 Å². The molecule has 9 rings (SSSR count). The fourth-order valence-electron chi connectivity index (χ4n) is 7.26. The van der Waals surface area contributed by atoms with Crippen LogP contribution in [0.3, 0.4) is 0 Å². The van der Waals surface area contributed by atoms with Gasteiger partial charge in [0.25, 0.3) is 0 Å². The highest BCUT2D eigenvalue weighted by Crippen LogP contribution is 2.45. The molecule has 0 heteroatoms. The summed E-state index contributed by atoms with van der Waals surface area (Å²) in [5.74, 6) is 0. The maximum absolute atomic E-state index is 2.41. The first kappa shape index (κ1) is 26.4. The molecule has 0 saturated heterocycles. The molecule has 0 atom stereocenters. The Morgan fingerprint density at radius 2 is 0.652 bits per heavy atom. The Morgan fingerprint density at radius 1 is 0.217 bits per heavy atom. The maximum atomic E-state index is 2.41. The third-order valence-corrected chi connectivity index (χ3v) is 9.42. The molecule has 0 saturated carbocycles. The summed E-state index contributed by atoms with van der Waals surface area (Å²) in [7, 11) is 0. The zero-order chi connectivity index (χ0) is 30.5. The van der Waals surface area contributed by atoms with Crippen LogP contribution >= 0.6 is 0 Å². The summed E-state index contributed by atoms with van der Waals surface area (Å²) in [5, 5.41) is 10.1. The average Bonchev–Trinajstić information content (AvgIpc) is 3.13. The minimum absolute atomic E-state index is 1.23. The summed E-state index contributed by atoms with van der Waals surface area (Å²) >= 11 is 0. The fourth-order valence-corrected chi connectivity index (χ4v) is 7.26. The molecule has 0 aliphatic carbocycles. The van der Waals surface area contributed by atoms with Crippen LogP contribution in [0.2, 0.25) is 0 Å². The van der Waals surface area contributed by atoms with Crippen LogP contribution in [0.25, 0.3) is 87.6 Å². The highest BCUT2D eigenvalue weighted by Gasteiger charge is 2.18. The molecule has 0 unspecified atom stereocenters. The summed E-state index contributed by atoms with van der Waals surface area (Å²) in [6, 6.07) is 66.6. The quantitative estimate of drug-likeness (QED) is 0.181. The molecule has 0 heterocycles. The lowest BCUT2D eigenvalue weighted by atomic mass is 9.84. The lowest BCUT2D eigenvalue weighted by Gasteiger charge is -2.19. The van der Waals surface area contributed by atoms with Crippen LogP contribution in [0.5, 0.6) is 0 Å². The molecule has 0 fully saturated rings. The van der Waals surface area contributed by atoms with Crippen molar-refractivity contribution in [1.29, 1.82) is 0 Å². The smallest absolute Gasteiger partial charge is 0.00259 e. The molecule has 0 radical (unpaired) electrons. The molecule has 0 bridgehead atoms. The molecule has 214 valence electrons. The number of fused-ring (bicyclic) bond motifs is 4. The first-order valence-electron chi connectivity index (χ1n) is 15.9. The van der Waals surface area contributed by atoms with Crippen LogP contribution in [0, 0.1) is 0 Å². The van der Waals surface area contributed by atoms with Crippen molar-refractivity contribution in [3.63, 3.8) is 0 Å². The number of hydrogen-bond acceptors (Lipinski definition) is 0. The van der Waals surface area contributed by atoms with E-state index in [1.54, 1.807) is 0 Å². The second-order valence-electron chi connectivity index (χ2n) is 12.1. The van der Waals surface area contributed by atoms with Gasteiger partial charge in [0.2, 0.25) is 0 Å². The van der Waals surface area contributed by atoms with Crippen LogP contribution in [-0.2, 0) is 0 Å². The van der Waals surface area contributed by atoms with Gasteiger partial charge in [-0.2, -0.15) is 0 Å². The van der Waals surface area contributed by atoms with E-state index in [1.807, 2.05) is 0 Å². The first-order chi connectivity index (χ1) is 22.8. The van der Waals surface area contributed by atoms with Crippen molar-refractivity contribution >= 4 is 43.1 Å². The molecule has 0 nitrogen and oxygen atoms in total. The Bertz CT molecular complexity index is 2500. The Balaban J connectivity index is 1.31. The van der Waals surface area contributed by atoms with Gasteiger partial charge in [0.15, 0.2) is 0 Å². The Morgan fingerprint density at radius 3 is 1.30 bits per heavy atom. The van der Waals surface area contributed by atoms with Crippen LogP contribution in [-0.4, -0.2) is 0 Å². The predicted octanol–water partition coefficient (Wildman–Crippen LogP) is 13.0. The largest absolute Gasteiger partial charge is 0.0622 e. The summed E-state index contributed by atoms with van der Waals surface area (Å²) in [5.41, 5.74) is 9.99. The third-order valence-electron chi connectivity index (χ3n) is 9.42. The average molecular weight is 583 g/mol. The molecule has 0 aliphatic rings. The summed E-state index contributed by atoms with van der Waals surface area (Å²) in [6.45, 7) is 0. The van der Waals surface area contributed by atoms with E-state index < -0.39 is 0 Å². The van der Waals surface area contributed by atoms with Crippen LogP contribution in [0.4, 0.5) is 0 Å². The summed E-state index contributed by atoms with van der Waals surface area (Å²) in [6.07, 6.45) is 0. The van der Waals surface area contributed by atoms with E-state index in [4.69, 9.17) is 0 Å².